The van der Waals surface area contributed by atoms with Crippen LogP contribution in [-0.2, 0) is 28.8 Å². The van der Waals surface area contributed by atoms with E-state index in [9.17, 15) is 33.9 Å². The Morgan fingerprint density at radius 3 is 1.67 bits per heavy atom. The van der Waals surface area contributed by atoms with Crippen molar-refractivity contribution in [1.29, 1.82) is 0 Å². The number of nitrogens with two attached hydrogens (primary N) is 2. The maximum Gasteiger partial charge on any atom is 0.328 e. The molecule has 0 radical (unpaired) electrons. The van der Waals surface area contributed by atoms with Crippen molar-refractivity contribution in [2.24, 2.45) is 11.5 Å². The maximum absolute atomic E-state index is 12.3. The second kappa shape index (κ2) is 13.0. The number of rotatable bonds is 14. The Labute approximate surface area is 169 Å². The normalized spacial score (nSPS) is 14.5. The largest absolute Gasteiger partial charge is 0.481 e. The van der Waals surface area contributed by atoms with E-state index in [4.69, 9.17) is 26.8 Å². The van der Waals surface area contributed by atoms with Crippen LogP contribution < -0.4 is 27.4 Å². The first-order chi connectivity index (χ1) is 13.9. The minimum atomic E-state index is -1.71. The number of aliphatic carboxylic acids is 2. The number of hydrogen-bond donors (Lipinski definition) is 9. The Bertz CT molecular complexity index is 670. The number of carbonyl (C=O) groups is 6. The topological polar surface area (TPSA) is 271 Å². The molecule has 0 saturated heterocycles. The summed E-state index contributed by atoms with van der Waals surface area (Å²) >= 11 is 0. The van der Waals surface area contributed by atoms with Crippen molar-refractivity contribution in [2.45, 2.75) is 43.4 Å². The minimum Gasteiger partial charge on any atom is -0.481 e. The molecule has 0 aromatic heterocycles. The van der Waals surface area contributed by atoms with Gasteiger partial charge in [0, 0.05) is 6.42 Å². The molecule has 0 spiro atoms. The maximum atomic E-state index is 12.3. The number of amides is 4. The summed E-state index contributed by atoms with van der Waals surface area (Å²) in [7, 11) is 0. The summed E-state index contributed by atoms with van der Waals surface area (Å²) in [5.74, 6) is -7.00. The first-order valence-corrected chi connectivity index (χ1v) is 8.54. The highest BCUT2D eigenvalue weighted by Crippen LogP contribution is 2.01. The molecule has 30 heavy (non-hydrogen) atoms. The second-order valence-corrected chi connectivity index (χ2v) is 6.10. The van der Waals surface area contributed by atoms with E-state index in [-0.39, 0.29) is 0 Å². The molecule has 0 aliphatic heterocycles. The van der Waals surface area contributed by atoms with Gasteiger partial charge in [-0.05, 0) is 6.42 Å². The van der Waals surface area contributed by atoms with Crippen LogP contribution in [0.1, 0.15) is 19.3 Å². The van der Waals surface area contributed by atoms with Gasteiger partial charge in [-0.25, -0.2) is 4.79 Å². The molecule has 0 aromatic rings. The third-order valence-electron chi connectivity index (χ3n) is 3.65. The van der Waals surface area contributed by atoms with Crippen molar-refractivity contribution in [3.8, 4) is 0 Å². The Morgan fingerprint density at radius 2 is 1.23 bits per heavy atom. The van der Waals surface area contributed by atoms with Crippen LogP contribution in [0.5, 0.6) is 0 Å². The molecule has 0 rings (SSSR count). The van der Waals surface area contributed by atoms with E-state index in [1.54, 1.807) is 0 Å². The van der Waals surface area contributed by atoms with Crippen LogP contribution in [0.2, 0.25) is 0 Å². The zero-order valence-corrected chi connectivity index (χ0v) is 15.7. The fourth-order valence-corrected chi connectivity index (χ4v) is 2.05. The molecule has 15 nitrogen and oxygen atoms in total. The fourth-order valence-electron chi connectivity index (χ4n) is 2.05. The van der Waals surface area contributed by atoms with E-state index in [1.807, 2.05) is 10.6 Å². The number of aliphatic hydroxyl groups is 2. The third kappa shape index (κ3) is 9.76. The van der Waals surface area contributed by atoms with E-state index in [2.05, 4.69) is 5.32 Å². The summed E-state index contributed by atoms with van der Waals surface area (Å²) in [6, 6.07) is -6.30. The zero-order chi connectivity index (χ0) is 23.4. The summed E-state index contributed by atoms with van der Waals surface area (Å²) in [5, 5.41) is 42.0. The summed E-state index contributed by atoms with van der Waals surface area (Å²) in [6.45, 7) is -1.91. The van der Waals surface area contributed by atoms with Gasteiger partial charge in [-0.2, -0.15) is 0 Å². The molecule has 0 aromatic carbocycles. The van der Waals surface area contributed by atoms with Crippen LogP contribution in [0.25, 0.3) is 0 Å². The predicted molar refractivity (Wildman–Crippen MR) is 96.3 cm³/mol. The Hall–Kier alpha value is -3.30. The Kier molecular flexibility index (Phi) is 11.6. The van der Waals surface area contributed by atoms with Crippen LogP contribution in [0, 0.1) is 0 Å². The molecule has 170 valence electrons. The Morgan fingerprint density at radius 1 is 0.767 bits per heavy atom. The van der Waals surface area contributed by atoms with Crippen molar-refractivity contribution < 1.29 is 49.2 Å². The van der Waals surface area contributed by atoms with Gasteiger partial charge in [0.25, 0.3) is 0 Å². The number of carbonyl (C=O) groups excluding carboxylic acids is 4. The fraction of sp³-hybridized carbons (Fsp3) is 0.600. The molecule has 15 heteroatoms. The number of nitrogens with one attached hydrogen (secondary N) is 3. The van der Waals surface area contributed by atoms with Crippen molar-refractivity contribution in [3.63, 3.8) is 0 Å². The molecule has 0 heterocycles. The molecular weight excluding hydrogens is 410 g/mol. The van der Waals surface area contributed by atoms with Crippen molar-refractivity contribution in [3.05, 3.63) is 0 Å². The lowest BCUT2D eigenvalue weighted by Crippen LogP contribution is -2.58. The average molecular weight is 435 g/mol. The first kappa shape index (κ1) is 26.7. The summed E-state index contributed by atoms with van der Waals surface area (Å²) in [6.07, 6.45) is -1.58. The SMILES string of the molecule is NC(=O)CC(N)C(=O)NC(CO)C(=O)NC(CCC(=O)O)C(=O)NC(CO)C(=O)O. The highest BCUT2D eigenvalue weighted by molar-refractivity contribution is 5.95. The predicted octanol–water partition coefficient (Wildman–Crippen LogP) is -5.42. The Balaban J connectivity index is 5.23. The molecule has 4 atom stereocenters. The zero-order valence-electron chi connectivity index (χ0n) is 15.7. The minimum absolute atomic E-state index is 0.460. The van der Waals surface area contributed by atoms with Crippen LogP contribution in [0.4, 0.5) is 0 Å². The van der Waals surface area contributed by atoms with Crippen molar-refractivity contribution >= 4 is 35.6 Å². The standard InChI is InChI=1S/C15H25N5O10/c16-6(3-10(17)23)12(26)19-8(4-21)14(28)18-7(1-2-11(24)25)13(27)20-9(5-22)15(29)30/h6-9,21-22H,1-5,16H2,(H2,17,23)(H,18,28)(H,19,26)(H,20,27)(H,24,25)(H,29,30). The first-order valence-electron chi connectivity index (χ1n) is 8.54. The lowest BCUT2D eigenvalue weighted by atomic mass is 10.1. The average Bonchev–Trinajstić information content (AvgIpc) is 2.65. The smallest absolute Gasteiger partial charge is 0.328 e. The van der Waals surface area contributed by atoms with Gasteiger partial charge in [-0.1, -0.05) is 0 Å². The van der Waals surface area contributed by atoms with Crippen LogP contribution >= 0.6 is 0 Å². The van der Waals surface area contributed by atoms with Gasteiger partial charge in [0.05, 0.1) is 25.7 Å². The number of primary amides is 1. The number of hydrogen-bond acceptors (Lipinski definition) is 9. The molecule has 0 fully saturated rings. The summed E-state index contributed by atoms with van der Waals surface area (Å²) in [4.78, 5) is 68.8. The monoisotopic (exact) mass is 435 g/mol. The molecular formula is C15H25N5O10. The van der Waals surface area contributed by atoms with Gasteiger partial charge in [-0.3, -0.25) is 24.0 Å². The number of carboxylic acids is 2. The molecule has 0 aliphatic carbocycles. The van der Waals surface area contributed by atoms with Crippen molar-refractivity contribution in [2.75, 3.05) is 13.2 Å². The number of aliphatic hydroxyl groups excluding tert-OH is 2. The highest BCUT2D eigenvalue weighted by atomic mass is 16.4. The third-order valence-corrected chi connectivity index (χ3v) is 3.65. The van der Waals surface area contributed by atoms with Gasteiger partial charge in [0.1, 0.15) is 18.1 Å². The van der Waals surface area contributed by atoms with Gasteiger partial charge < -0.3 is 47.8 Å². The van der Waals surface area contributed by atoms with E-state index >= 15 is 0 Å². The van der Waals surface area contributed by atoms with Crippen LogP contribution in [0.15, 0.2) is 0 Å². The molecule has 0 bridgehead atoms. The van der Waals surface area contributed by atoms with Gasteiger partial charge in [0.15, 0.2) is 0 Å². The lowest BCUT2D eigenvalue weighted by Gasteiger charge is -2.23. The summed E-state index contributed by atoms with van der Waals surface area (Å²) in [5.41, 5.74) is 10.3. The quantitative estimate of drug-likeness (QED) is 0.124. The van der Waals surface area contributed by atoms with Crippen molar-refractivity contribution in [1.82, 2.24) is 16.0 Å². The number of carboxylic acid groups (broad SMARTS) is 2. The van der Waals surface area contributed by atoms with Gasteiger partial charge >= 0.3 is 11.9 Å². The molecule has 11 N–H and O–H groups in total. The molecule has 0 saturated carbocycles. The van der Waals surface area contributed by atoms with E-state index in [1.165, 1.54) is 0 Å². The summed E-state index contributed by atoms with van der Waals surface area (Å²) < 4.78 is 0. The van der Waals surface area contributed by atoms with Crippen LogP contribution in [-0.4, -0.2) is 93.4 Å². The molecule has 4 unspecified atom stereocenters. The molecule has 4 amide bonds. The van der Waals surface area contributed by atoms with Gasteiger partial charge in [-0.15, -0.1) is 0 Å². The van der Waals surface area contributed by atoms with Crippen LogP contribution in [0.3, 0.4) is 0 Å². The van der Waals surface area contributed by atoms with E-state index < -0.39 is 92.2 Å². The second-order valence-electron chi connectivity index (χ2n) is 6.10. The van der Waals surface area contributed by atoms with Gasteiger partial charge in [0.2, 0.25) is 23.6 Å². The van der Waals surface area contributed by atoms with E-state index in [0.29, 0.717) is 0 Å². The lowest BCUT2D eigenvalue weighted by molar-refractivity contribution is -0.144. The highest BCUT2D eigenvalue weighted by Gasteiger charge is 2.30. The molecule has 0 aliphatic rings. The van der Waals surface area contributed by atoms with E-state index in [0.717, 1.165) is 0 Å².